The minimum absolute atomic E-state index is 0.00352. The highest BCUT2D eigenvalue weighted by Gasteiger charge is 2.11. The summed E-state index contributed by atoms with van der Waals surface area (Å²) in [6, 6.07) is 18.5. The SMILES string of the molecule is CCCCN(CCCC)Cc1ccc(C(=O)N[C@H](C)Cc2ccccc2)cc1. The minimum Gasteiger partial charge on any atom is -0.349 e. The van der Waals surface area contributed by atoms with E-state index in [0.717, 1.165) is 31.6 Å². The van der Waals surface area contributed by atoms with Crippen molar-refractivity contribution in [2.45, 2.75) is 65.5 Å². The van der Waals surface area contributed by atoms with Crippen LogP contribution in [0.5, 0.6) is 0 Å². The van der Waals surface area contributed by atoms with Gasteiger partial charge in [-0.3, -0.25) is 9.69 Å². The monoisotopic (exact) mass is 380 g/mol. The van der Waals surface area contributed by atoms with E-state index in [-0.39, 0.29) is 11.9 Å². The van der Waals surface area contributed by atoms with Gasteiger partial charge in [0.2, 0.25) is 0 Å². The van der Waals surface area contributed by atoms with Crippen molar-refractivity contribution in [2.24, 2.45) is 0 Å². The fourth-order valence-corrected chi connectivity index (χ4v) is 3.38. The van der Waals surface area contributed by atoms with E-state index in [4.69, 9.17) is 0 Å². The molecule has 1 atom stereocenters. The summed E-state index contributed by atoms with van der Waals surface area (Å²) in [5.74, 6) is 0.00352. The Kier molecular flexibility index (Phi) is 9.78. The molecule has 0 unspecified atom stereocenters. The van der Waals surface area contributed by atoms with Crippen LogP contribution in [0.25, 0.3) is 0 Å². The molecule has 0 aliphatic carbocycles. The van der Waals surface area contributed by atoms with Gasteiger partial charge in [0.05, 0.1) is 0 Å². The summed E-state index contributed by atoms with van der Waals surface area (Å²) >= 11 is 0. The third-order valence-electron chi connectivity index (χ3n) is 5.04. The van der Waals surface area contributed by atoms with Crippen LogP contribution in [0.1, 0.15) is 67.9 Å². The highest BCUT2D eigenvalue weighted by atomic mass is 16.1. The second-order valence-electron chi connectivity index (χ2n) is 7.74. The summed E-state index contributed by atoms with van der Waals surface area (Å²) in [6.07, 6.45) is 5.77. The molecule has 2 rings (SSSR count). The topological polar surface area (TPSA) is 32.3 Å². The number of benzene rings is 2. The van der Waals surface area contributed by atoms with Crippen LogP contribution >= 0.6 is 0 Å². The highest BCUT2D eigenvalue weighted by Crippen LogP contribution is 2.11. The third kappa shape index (κ3) is 7.85. The van der Waals surface area contributed by atoms with Crippen LogP contribution in [-0.4, -0.2) is 29.9 Å². The molecule has 0 fully saturated rings. The summed E-state index contributed by atoms with van der Waals surface area (Å²) in [5.41, 5.74) is 3.25. The van der Waals surface area contributed by atoms with E-state index < -0.39 is 0 Å². The van der Waals surface area contributed by atoms with E-state index in [2.05, 4.69) is 55.3 Å². The number of nitrogens with one attached hydrogen (secondary N) is 1. The number of rotatable bonds is 12. The van der Waals surface area contributed by atoms with E-state index in [1.54, 1.807) is 0 Å². The van der Waals surface area contributed by atoms with E-state index in [1.165, 1.54) is 36.8 Å². The van der Waals surface area contributed by atoms with Crippen LogP contribution in [0.3, 0.4) is 0 Å². The Hall–Kier alpha value is -2.13. The number of unbranched alkanes of at least 4 members (excludes halogenated alkanes) is 2. The Balaban J connectivity index is 1.88. The molecule has 28 heavy (non-hydrogen) atoms. The Morgan fingerprint density at radius 1 is 0.893 bits per heavy atom. The van der Waals surface area contributed by atoms with Crippen LogP contribution < -0.4 is 5.32 Å². The van der Waals surface area contributed by atoms with Crippen molar-refractivity contribution >= 4 is 5.91 Å². The maximum Gasteiger partial charge on any atom is 0.251 e. The van der Waals surface area contributed by atoms with E-state index in [9.17, 15) is 4.79 Å². The van der Waals surface area contributed by atoms with Gasteiger partial charge in [-0.25, -0.2) is 0 Å². The molecule has 152 valence electrons. The maximum atomic E-state index is 12.5. The second kappa shape index (κ2) is 12.4. The van der Waals surface area contributed by atoms with Crippen LogP contribution in [0.2, 0.25) is 0 Å². The van der Waals surface area contributed by atoms with Crippen molar-refractivity contribution in [3.63, 3.8) is 0 Å². The molecular formula is C25H36N2O. The zero-order valence-corrected chi connectivity index (χ0v) is 17.8. The van der Waals surface area contributed by atoms with Gasteiger partial charge in [-0.2, -0.15) is 0 Å². The summed E-state index contributed by atoms with van der Waals surface area (Å²) in [4.78, 5) is 15.1. The molecule has 0 heterocycles. The first-order valence-corrected chi connectivity index (χ1v) is 10.8. The maximum absolute atomic E-state index is 12.5. The predicted molar refractivity (Wildman–Crippen MR) is 119 cm³/mol. The molecule has 0 aromatic heterocycles. The van der Waals surface area contributed by atoms with Crippen LogP contribution in [-0.2, 0) is 13.0 Å². The van der Waals surface area contributed by atoms with Crippen LogP contribution in [0.15, 0.2) is 54.6 Å². The molecule has 0 spiro atoms. The molecule has 1 N–H and O–H groups in total. The quantitative estimate of drug-likeness (QED) is 0.531. The average molecular weight is 381 g/mol. The van der Waals surface area contributed by atoms with Crippen LogP contribution in [0, 0.1) is 0 Å². The van der Waals surface area contributed by atoms with Crippen molar-refractivity contribution in [3.8, 4) is 0 Å². The lowest BCUT2D eigenvalue weighted by molar-refractivity contribution is 0.0940. The smallest absolute Gasteiger partial charge is 0.251 e. The number of hydrogen-bond acceptors (Lipinski definition) is 2. The molecule has 2 aromatic rings. The summed E-state index contributed by atoms with van der Waals surface area (Å²) in [5, 5.41) is 3.11. The summed E-state index contributed by atoms with van der Waals surface area (Å²) < 4.78 is 0. The molecule has 0 saturated carbocycles. The molecule has 0 aliphatic heterocycles. The molecule has 2 aromatic carbocycles. The summed E-state index contributed by atoms with van der Waals surface area (Å²) in [6.45, 7) is 9.80. The standard InChI is InChI=1S/C25H36N2O/c1-4-6-17-27(18-7-5-2)20-23-13-15-24(16-14-23)25(28)26-21(3)19-22-11-9-8-10-12-22/h8-16,21H,4-7,17-20H2,1-3H3,(H,26,28)/t21-/m1/s1. The largest absolute Gasteiger partial charge is 0.349 e. The summed E-state index contributed by atoms with van der Waals surface area (Å²) in [7, 11) is 0. The lowest BCUT2D eigenvalue weighted by Crippen LogP contribution is -2.34. The van der Waals surface area contributed by atoms with Gasteiger partial charge >= 0.3 is 0 Å². The van der Waals surface area contributed by atoms with Crippen molar-refractivity contribution < 1.29 is 4.79 Å². The zero-order valence-electron chi connectivity index (χ0n) is 17.8. The zero-order chi connectivity index (χ0) is 20.2. The third-order valence-corrected chi connectivity index (χ3v) is 5.04. The number of carbonyl (C=O) groups is 1. The first-order valence-electron chi connectivity index (χ1n) is 10.8. The van der Waals surface area contributed by atoms with E-state index >= 15 is 0 Å². The van der Waals surface area contributed by atoms with Gasteiger partial charge in [0, 0.05) is 18.2 Å². The number of nitrogens with zero attached hydrogens (tertiary/aromatic N) is 1. The first kappa shape index (κ1) is 22.2. The molecule has 0 aliphatic rings. The Labute approximate surface area is 171 Å². The normalized spacial score (nSPS) is 12.1. The van der Waals surface area contributed by atoms with Crippen molar-refractivity contribution in [1.29, 1.82) is 0 Å². The van der Waals surface area contributed by atoms with Gasteiger partial charge in [0.1, 0.15) is 0 Å². The second-order valence-corrected chi connectivity index (χ2v) is 7.74. The van der Waals surface area contributed by atoms with Gasteiger partial charge in [0.15, 0.2) is 0 Å². The minimum atomic E-state index is 0.00352. The lowest BCUT2D eigenvalue weighted by atomic mass is 10.1. The van der Waals surface area contributed by atoms with E-state index in [1.807, 2.05) is 30.3 Å². The number of amides is 1. The molecule has 3 heteroatoms. The van der Waals surface area contributed by atoms with Crippen molar-refractivity contribution in [3.05, 3.63) is 71.3 Å². The molecule has 0 radical (unpaired) electrons. The predicted octanol–water partition coefficient (Wildman–Crippen LogP) is 5.45. The molecule has 3 nitrogen and oxygen atoms in total. The van der Waals surface area contributed by atoms with Gasteiger partial charge in [-0.15, -0.1) is 0 Å². The Morgan fingerprint density at radius 2 is 1.50 bits per heavy atom. The highest BCUT2D eigenvalue weighted by molar-refractivity contribution is 5.94. The van der Waals surface area contributed by atoms with Gasteiger partial charge < -0.3 is 5.32 Å². The van der Waals surface area contributed by atoms with Crippen molar-refractivity contribution in [2.75, 3.05) is 13.1 Å². The fourth-order valence-electron chi connectivity index (χ4n) is 3.38. The fraction of sp³-hybridized carbons (Fsp3) is 0.480. The van der Waals surface area contributed by atoms with Gasteiger partial charge in [-0.1, -0.05) is 69.2 Å². The first-order chi connectivity index (χ1) is 13.6. The van der Waals surface area contributed by atoms with Gasteiger partial charge in [0.25, 0.3) is 5.91 Å². The number of hydrogen-bond donors (Lipinski definition) is 1. The molecular weight excluding hydrogens is 344 g/mol. The van der Waals surface area contributed by atoms with Crippen molar-refractivity contribution in [1.82, 2.24) is 10.2 Å². The average Bonchev–Trinajstić information content (AvgIpc) is 2.71. The molecule has 0 saturated heterocycles. The molecule has 0 bridgehead atoms. The molecule has 1 amide bonds. The van der Waals surface area contributed by atoms with E-state index in [0.29, 0.717) is 0 Å². The Morgan fingerprint density at radius 3 is 2.07 bits per heavy atom. The lowest BCUT2D eigenvalue weighted by Gasteiger charge is -2.22. The number of carbonyl (C=O) groups excluding carboxylic acids is 1. The Bertz CT molecular complexity index is 673. The van der Waals surface area contributed by atoms with Crippen LogP contribution in [0.4, 0.5) is 0 Å². The van der Waals surface area contributed by atoms with Gasteiger partial charge in [-0.05, 0) is 62.5 Å².